The number of thioether (sulfide) groups is 1. The van der Waals surface area contributed by atoms with E-state index in [0.29, 0.717) is 11.8 Å². The van der Waals surface area contributed by atoms with Crippen LogP contribution in [-0.2, 0) is 4.74 Å². The predicted molar refractivity (Wildman–Crippen MR) is 78.7 cm³/mol. The standard InChI is InChI=1S/C13H21N3O3S/c1-2-19-12(18)10-9-15-13(16-11(10)14)20-8-6-4-3-5-7-17/h9,17H,2-8H2,1H3,(H2,14,15,16). The maximum Gasteiger partial charge on any atom is 0.343 e. The van der Waals surface area contributed by atoms with Gasteiger partial charge in [0.2, 0.25) is 0 Å². The van der Waals surface area contributed by atoms with E-state index >= 15 is 0 Å². The summed E-state index contributed by atoms with van der Waals surface area (Å²) in [4.78, 5) is 19.7. The largest absolute Gasteiger partial charge is 0.462 e. The first kappa shape index (κ1) is 16.7. The fourth-order valence-electron chi connectivity index (χ4n) is 1.54. The fourth-order valence-corrected chi connectivity index (χ4v) is 2.37. The SMILES string of the molecule is CCOC(=O)c1cnc(SCCCCCCO)nc1N. The Hall–Kier alpha value is -1.34. The van der Waals surface area contributed by atoms with Gasteiger partial charge in [-0.2, -0.15) is 0 Å². The van der Waals surface area contributed by atoms with Crippen LogP contribution in [0, 0.1) is 0 Å². The number of nitrogen functional groups attached to an aromatic ring is 1. The van der Waals surface area contributed by atoms with Crippen molar-refractivity contribution in [1.29, 1.82) is 0 Å². The normalized spacial score (nSPS) is 10.5. The molecule has 0 aliphatic heterocycles. The number of rotatable bonds is 9. The molecule has 6 nitrogen and oxygen atoms in total. The molecule has 1 heterocycles. The molecule has 0 saturated carbocycles. The maximum atomic E-state index is 11.5. The minimum atomic E-state index is -0.495. The summed E-state index contributed by atoms with van der Waals surface area (Å²) in [5.41, 5.74) is 5.94. The van der Waals surface area contributed by atoms with E-state index in [-0.39, 0.29) is 18.0 Å². The Bertz CT molecular complexity index is 429. The quantitative estimate of drug-likeness (QED) is 0.311. The van der Waals surface area contributed by atoms with Crippen LogP contribution >= 0.6 is 11.8 Å². The van der Waals surface area contributed by atoms with Gasteiger partial charge < -0.3 is 15.6 Å². The number of unbranched alkanes of at least 4 members (excludes halogenated alkanes) is 3. The van der Waals surface area contributed by atoms with Crippen molar-refractivity contribution in [1.82, 2.24) is 9.97 Å². The van der Waals surface area contributed by atoms with Crippen LogP contribution < -0.4 is 5.73 Å². The van der Waals surface area contributed by atoms with Crippen molar-refractivity contribution in [2.45, 2.75) is 37.8 Å². The van der Waals surface area contributed by atoms with Crippen molar-refractivity contribution < 1.29 is 14.6 Å². The fraction of sp³-hybridized carbons (Fsp3) is 0.615. The monoisotopic (exact) mass is 299 g/mol. The summed E-state index contributed by atoms with van der Waals surface area (Å²) in [6.45, 7) is 2.28. The molecule has 0 unspecified atom stereocenters. The molecule has 0 aliphatic carbocycles. The lowest BCUT2D eigenvalue weighted by molar-refractivity contribution is 0.0526. The van der Waals surface area contributed by atoms with Gasteiger partial charge in [-0.3, -0.25) is 0 Å². The number of hydrogen-bond donors (Lipinski definition) is 2. The molecule has 1 aromatic heterocycles. The zero-order valence-corrected chi connectivity index (χ0v) is 12.5. The Morgan fingerprint density at radius 1 is 1.40 bits per heavy atom. The molecule has 1 aromatic rings. The molecule has 1 rings (SSSR count). The van der Waals surface area contributed by atoms with E-state index in [1.54, 1.807) is 6.92 Å². The lowest BCUT2D eigenvalue weighted by Crippen LogP contribution is -2.10. The first-order valence-corrected chi connectivity index (χ1v) is 7.71. The topological polar surface area (TPSA) is 98.3 Å². The van der Waals surface area contributed by atoms with Crippen LogP contribution in [0.1, 0.15) is 43.0 Å². The van der Waals surface area contributed by atoms with Gasteiger partial charge in [0.25, 0.3) is 0 Å². The van der Waals surface area contributed by atoms with Crippen molar-refractivity contribution in [3.8, 4) is 0 Å². The second-order valence-corrected chi connectivity index (χ2v) is 5.22. The van der Waals surface area contributed by atoms with Crippen molar-refractivity contribution in [2.75, 3.05) is 24.7 Å². The van der Waals surface area contributed by atoms with E-state index in [4.69, 9.17) is 15.6 Å². The molecule has 20 heavy (non-hydrogen) atoms. The highest BCUT2D eigenvalue weighted by molar-refractivity contribution is 7.99. The zero-order valence-electron chi connectivity index (χ0n) is 11.7. The van der Waals surface area contributed by atoms with Crippen LogP contribution in [0.3, 0.4) is 0 Å². The molecule has 0 radical (unpaired) electrons. The Balaban J connectivity index is 2.41. The maximum absolute atomic E-state index is 11.5. The molecular weight excluding hydrogens is 278 g/mol. The molecule has 0 saturated heterocycles. The summed E-state index contributed by atoms with van der Waals surface area (Å²) in [5, 5.41) is 9.23. The highest BCUT2D eigenvalue weighted by Gasteiger charge is 2.13. The number of nitrogens with zero attached hydrogens (tertiary/aromatic N) is 2. The third kappa shape index (κ3) is 5.75. The highest BCUT2D eigenvalue weighted by atomic mass is 32.2. The van der Waals surface area contributed by atoms with E-state index in [9.17, 15) is 4.79 Å². The Kier molecular flexibility index (Phi) is 7.98. The lowest BCUT2D eigenvalue weighted by atomic mass is 10.2. The Morgan fingerprint density at radius 3 is 2.80 bits per heavy atom. The summed E-state index contributed by atoms with van der Waals surface area (Å²) in [5.74, 6) is 0.552. The number of anilines is 1. The smallest absolute Gasteiger partial charge is 0.343 e. The molecule has 0 spiro atoms. The van der Waals surface area contributed by atoms with E-state index in [1.807, 2.05) is 0 Å². The number of carbonyl (C=O) groups is 1. The third-order valence-electron chi connectivity index (χ3n) is 2.58. The van der Waals surface area contributed by atoms with Gasteiger partial charge in [-0.05, 0) is 19.8 Å². The van der Waals surface area contributed by atoms with Gasteiger partial charge in [0.05, 0.1) is 6.61 Å². The molecule has 0 aliphatic rings. The van der Waals surface area contributed by atoms with Gasteiger partial charge in [0, 0.05) is 18.6 Å². The van der Waals surface area contributed by atoms with Gasteiger partial charge in [0.15, 0.2) is 5.16 Å². The predicted octanol–water partition coefficient (Wildman–Crippen LogP) is 1.88. The van der Waals surface area contributed by atoms with E-state index in [2.05, 4.69) is 9.97 Å². The molecular formula is C13H21N3O3S. The molecule has 0 amide bonds. The second-order valence-electron chi connectivity index (χ2n) is 4.16. The minimum Gasteiger partial charge on any atom is -0.462 e. The summed E-state index contributed by atoms with van der Waals surface area (Å²) in [7, 11) is 0. The van der Waals surface area contributed by atoms with Gasteiger partial charge in [-0.25, -0.2) is 14.8 Å². The van der Waals surface area contributed by atoms with Gasteiger partial charge >= 0.3 is 5.97 Å². The number of aromatic nitrogens is 2. The van der Waals surface area contributed by atoms with Crippen LogP contribution in [0.25, 0.3) is 0 Å². The lowest BCUT2D eigenvalue weighted by Gasteiger charge is -2.05. The zero-order chi connectivity index (χ0) is 14.8. The first-order valence-electron chi connectivity index (χ1n) is 6.72. The van der Waals surface area contributed by atoms with Crippen LogP contribution in [0.15, 0.2) is 11.4 Å². The average Bonchev–Trinajstić information content (AvgIpc) is 2.43. The Morgan fingerprint density at radius 2 is 2.15 bits per heavy atom. The van der Waals surface area contributed by atoms with Gasteiger partial charge in [0.1, 0.15) is 11.4 Å². The molecule has 7 heteroatoms. The van der Waals surface area contributed by atoms with E-state index < -0.39 is 5.97 Å². The summed E-state index contributed by atoms with van der Waals surface area (Å²) < 4.78 is 4.86. The number of hydrogen-bond acceptors (Lipinski definition) is 7. The number of carbonyl (C=O) groups excluding carboxylic acids is 1. The second kappa shape index (κ2) is 9.55. The number of nitrogens with two attached hydrogens (primary N) is 1. The summed E-state index contributed by atoms with van der Waals surface area (Å²) in [6.07, 6.45) is 5.40. The molecule has 112 valence electrons. The molecule has 0 aromatic carbocycles. The minimum absolute atomic E-state index is 0.154. The van der Waals surface area contributed by atoms with E-state index in [0.717, 1.165) is 31.4 Å². The number of aliphatic hydroxyl groups is 1. The molecule has 0 atom stereocenters. The molecule has 3 N–H and O–H groups in total. The summed E-state index contributed by atoms with van der Waals surface area (Å²) >= 11 is 1.51. The van der Waals surface area contributed by atoms with Crippen molar-refractivity contribution in [3.05, 3.63) is 11.8 Å². The molecule has 0 fully saturated rings. The van der Waals surface area contributed by atoms with Crippen molar-refractivity contribution in [2.24, 2.45) is 0 Å². The third-order valence-corrected chi connectivity index (χ3v) is 3.52. The van der Waals surface area contributed by atoms with Gasteiger partial charge in [-0.1, -0.05) is 24.6 Å². The molecule has 0 bridgehead atoms. The number of aliphatic hydroxyl groups excluding tert-OH is 1. The van der Waals surface area contributed by atoms with Crippen molar-refractivity contribution in [3.63, 3.8) is 0 Å². The Labute approximate surface area is 123 Å². The first-order chi connectivity index (χ1) is 9.69. The van der Waals surface area contributed by atoms with Crippen LogP contribution in [0.5, 0.6) is 0 Å². The van der Waals surface area contributed by atoms with Gasteiger partial charge in [-0.15, -0.1) is 0 Å². The van der Waals surface area contributed by atoms with Crippen molar-refractivity contribution >= 4 is 23.5 Å². The van der Waals surface area contributed by atoms with Crippen LogP contribution in [-0.4, -0.2) is 40.0 Å². The summed E-state index contributed by atoms with van der Waals surface area (Å²) in [6, 6.07) is 0. The highest BCUT2D eigenvalue weighted by Crippen LogP contribution is 2.18. The average molecular weight is 299 g/mol. The van der Waals surface area contributed by atoms with Crippen LogP contribution in [0.2, 0.25) is 0 Å². The number of ether oxygens (including phenoxy) is 1. The van der Waals surface area contributed by atoms with Crippen LogP contribution in [0.4, 0.5) is 5.82 Å². The van der Waals surface area contributed by atoms with E-state index in [1.165, 1.54) is 18.0 Å². The number of esters is 1.